The number of carboxylic acids is 1. The molecule has 1 heterocycles. The standard InChI is InChI=1S/C12H9IN2O4/c1-6-2-3-7(12(17)18)4-8(6)19-11-9(13)10(16)14-5-15-11/h2-5H,1H3,(H,17,18)(H,14,15,16). The first kappa shape index (κ1) is 13.5. The van der Waals surface area contributed by atoms with Crippen molar-refractivity contribution in [1.82, 2.24) is 9.97 Å². The zero-order valence-corrected chi connectivity index (χ0v) is 12.0. The Kier molecular flexibility index (Phi) is 3.84. The Bertz CT molecular complexity index is 696. The number of aryl methyl sites for hydroxylation is 1. The molecule has 0 spiro atoms. The fourth-order valence-corrected chi connectivity index (χ4v) is 1.79. The van der Waals surface area contributed by atoms with Gasteiger partial charge < -0.3 is 14.8 Å². The Morgan fingerprint density at radius 2 is 2.21 bits per heavy atom. The highest BCUT2D eigenvalue weighted by Crippen LogP contribution is 2.26. The number of nitrogens with zero attached hydrogens (tertiary/aromatic N) is 1. The lowest BCUT2D eigenvalue weighted by Gasteiger charge is -2.09. The molecule has 0 atom stereocenters. The van der Waals surface area contributed by atoms with E-state index in [0.29, 0.717) is 9.32 Å². The molecule has 0 radical (unpaired) electrons. The number of aromatic nitrogens is 2. The minimum Gasteiger partial charge on any atom is -0.478 e. The smallest absolute Gasteiger partial charge is 0.335 e. The van der Waals surface area contributed by atoms with Gasteiger partial charge in [-0.05, 0) is 47.2 Å². The van der Waals surface area contributed by atoms with Gasteiger partial charge in [0.15, 0.2) is 0 Å². The zero-order valence-electron chi connectivity index (χ0n) is 9.81. The molecule has 98 valence electrons. The van der Waals surface area contributed by atoms with Gasteiger partial charge in [0.05, 0.1) is 11.9 Å². The van der Waals surface area contributed by atoms with Crippen molar-refractivity contribution in [3.63, 3.8) is 0 Å². The van der Waals surface area contributed by atoms with Crippen LogP contribution in [0.5, 0.6) is 11.6 Å². The monoisotopic (exact) mass is 372 g/mol. The molecule has 1 aromatic carbocycles. The van der Waals surface area contributed by atoms with Gasteiger partial charge >= 0.3 is 5.97 Å². The van der Waals surface area contributed by atoms with E-state index in [0.717, 1.165) is 5.56 Å². The summed E-state index contributed by atoms with van der Waals surface area (Å²) in [7, 11) is 0. The first-order valence-electron chi connectivity index (χ1n) is 5.24. The summed E-state index contributed by atoms with van der Waals surface area (Å²) in [4.78, 5) is 28.7. The lowest BCUT2D eigenvalue weighted by atomic mass is 10.1. The number of aromatic carboxylic acids is 1. The third kappa shape index (κ3) is 2.92. The van der Waals surface area contributed by atoms with E-state index in [1.807, 2.05) is 22.6 Å². The second-order valence-electron chi connectivity index (χ2n) is 3.74. The molecule has 0 aliphatic rings. The van der Waals surface area contributed by atoms with Crippen LogP contribution in [0.15, 0.2) is 29.3 Å². The van der Waals surface area contributed by atoms with Gasteiger partial charge in [-0.15, -0.1) is 0 Å². The lowest BCUT2D eigenvalue weighted by Crippen LogP contribution is -2.11. The predicted octanol–water partition coefficient (Wildman–Crippen LogP) is 2.17. The van der Waals surface area contributed by atoms with Crippen LogP contribution in [0, 0.1) is 10.5 Å². The third-order valence-electron chi connectivity index (χ3n) is 2.41. The quantitative estimate of drug-likeness (QED) is 0.806. The highest BCUT2D eigenvalue weighted by Gasteiger charge is 2.12. The van der Waals surface area contributed by atoms with Crippen molar-refractivity contribution >= 4 is 28.6 Å². The summed E-state index contributed by atoms with van der Waals surface area (Å²) in [6.45, 7) is 1.78. The second kappa shape index (κ2) is 5.39. The molecule has 7 heteroatoms. The maximum absolute atomic E-state index is 11.4. The van der Waals surface area contributed by atoms with Gasteiger partial charge in [0.1, 0.15) is 9.32 Å². The number of carboxylic acid groups (broad SMARTS) is 1. The van der Waals surface area contributed by atoms with Crippen molar-refractivity contribution in [1.29, 1.82) is 0 Å². The van der Waals surface area contributed by atoms with Crippen LogP contribution in [0.4, 0.5) is 0 Å². The van der Waals surface area contributed by atoms with E-state index in [1.54, 1.807) is 13.0 Å². The van der Waals surface area contributed by atoms with Crippen LogP contribution in [0.25, 0.3) is 0 Å². The minimum absolute atomic E-state index is 0.112. The van der Waals surface area contributed by atoms with E-state index >= 15 is 0 Å². The number of aromatic amines is 1. The van der Waals surface area contributed by atoms with E-state index in [9.17, 15) is 9.59 Å². The summed E-state index contributed by atoms with van der Waals surface area (Å²) in [5, 5.41) is 8.94. The molecule has 19 heavy (non-hydrogen) atoms. The van der Waals surface area contributed by atoms with Crippen molar-refractivity contribution in [3.8, 4) is 11.6 Å². The van der Waals surface area contributed by atoms with Crippen LogP contribution in [-0.2, 0) is 0 Å². The Hall–Kier alpha value is -1.90. The van der Waals surface area contributed by atoms with E-state index in [-0.39, 0.29) is 17.0 Å². The van der Waals surface area contributed by atoms with E-state index in [4.69, 9.17) is 9.84 Å². The SMILES string of the molecule is Cc1ccc(C(=O)O)cc1Oc1nc[nH]c(=O)c1I. The molecule has 0 aliphatic carbocycles. The number of halogens is 1. The Morgan fingerprint density at radius 1 is 1.47 bits per heavy atom. The maximum Gasteiger partial charge on any atom is 0.335 e. The number of rotatable bonds is 3. The van der Waals surface area contributed by atoms with Crippen LogP contribution in [0.2, 0.25) is 0 Å². The van der Waals surface area contributed by atoms with Crippen LogP contribution in [-0.4, -0.2) is 21.0 Å². The Morgan fingerprint density at radius 3 is 2.89 bits per heavy atom. The molecule has 2 aromatic rings. The molecule has 0 saturated carbocycles. The molecule has 0 amide bonds. The van der Waals surface area contributed by atoms with Gasteiger partial charge in [-0.2, -0.15) is 0 Å². The van der Waals surface area contributed by atoms with Gasteiger partial charge in [0, 0.05) is 0 Å². The van der Waals surface area contributed by atoms with E-state index < -0.39 is 5.97 Å². The van der Waals surface area contributed by atoms with Crippen molar-refractivity contribution in [2.24, 2.45) is 0 Å². The van der Waals surface area contributed by atoms with Crippen molar-refractivity contribution in [2.75, 3.05) is 0 Å². The van der Waals surface area contributed by atoms with E-state index in [2.05, 4.69) is 9.97 Å². The van der Waals surface area contributed by atoms with Gasteiger partial charge in [0.2, 0.25) is 5.88 Å². The van der Waals surface area contributed by atoms with Gasteiger partial charge in [-0.3, -0.25) is 4.79 Å². The molecule has 0 unspecified atom stereocenters. The lowest BCUT2D eigenvalue weighted by molar-refractivity contribution is 0.0696. The average molecular weight is 372 g/mol. The maximum atomic E-state index is 11.4. The van der Waals surface area contributed by atoms with Crippen molar-refractivity contribution in [3.05, 3.63) is 49.6 Å². The summed E-state index contributed by atoms with van der Waals surface area (Å²) in [5.41, 5.74) is 0.556. The number of H-pyrrole nitrogens is 1. The number of hydrogen-bond acceptors (Lipinski definition) is 4. The molecule has 0 fully saturated rings. The highest BCUT2D eigenvalue weighted by molar-refractivity contribution is 14.1. The Labute approximate surface area is 121 Å². The molecule has 2 rings (SSSR count). The van der Waals surface area contributed by atoms with Crippen LogP contribution < -0.4 is 10.3 Å². The average Bonchev–Trinajstić information content (AvgIpc) is 2.37. The summed E-state index contributed by atoms with van der Waals surface area (Å²) < 4.78 is 5.82. The van der Waals surface area contributed by atoms with Gasteiger partial charge in [0.25, 0.3) is 5.56 Å². The largest absolute Gasteiger partial charge is 0.478 e. The fourth-order valence-electron chi connectivity index (χ4n) is 1.39. The molecule has 1 aromatic heterocycles. The number of carbonyl (C=O) groups is 1. The van der Waals surface area contributed by atoms with Crippen LogP contribution in [0.1, 0.15) is 15.9 Å². The topological polar surface area (TPSA) is 92.3 Å². The molecule has 0 saturated heterocycles. The van der Waals surface area contributed by atoms with Gasteiger partial charge in [-0.25, -0.2) is 9.78 Å². The normalized spacial score (nSPS) is 10.2. The fraction of sp³-hybridized carbons (Fsp3) is 0.0833. The molecular weight excluding hydrogens is 363 g/mol. The first-order chi connectivity index (χ1) is 8.99. The van der Waals surface area contributed by atoms with Crippen LogP contribution in [0.3, 0.4) is 0 Å². The molecule has 6 nitrogen and oxygen atoms in total. The zero-order chi connectivity index (χ0) is 14.0. The minimum atomic E-state index is -1.04. The summed E-state index contributed by atoms with van der Waals surface area (Å²) in [5.74, 6) is -0.538. The summed E-state index contributed by atoms with van der Waals surface area (Å²) in [6.07, 6.45) is 1.23. The first-order valence-corrected chi connectivity index (χ1v) is 6.32. The number of nitrogens with one attached hydrogen (secondary N) is 1. The molecular formula is C12H9IN2O4. The second-order valence-corrected chi connectivity index (χ2v) is 4.82. The third-order valence-corrected chi connectivity index (χ3v) is 3.36. The van der Waals surface area contributed by atoms with Crippen molar-refractivity contribution < 1.29 is 14.6 Å². The predicted molar refractivity (Wildman–Crippen MR) is 75.8 cm³/mol. The van der Waals surface area contributed by atoms with Crippen LogP contribution >= 0.6 is 22.6 Å². The van der Waals surface area contributed by atoms with E-state index in [1.165, 1.54) is 18.5 Å². The number of ether oxygens (including phenoxy) is 1. The van der Waals surface area contributed by atoms with Gasteiger partial charge in [-0.1, -0.05) is 6.07 Å². The molecule has 0 aliphatic heterocycles. The molecule has 2 N–H and O–H groups in total. The molecule has 0 bridgehead atoms. The van der Waals surface area contributed by atoms with Crippen molar-refractivity contribution in [2.45, 2.75) is 6.92 Å². The number of hydrogen-bond donors (Lipinski definition) is 2. The summed E-state index contributed by atoms with van der Waals surface area (Å²) in [6, 6.07) is 4.52. The number of benzene rings is 1. The summed E-state index contributed by atoms with van der Waals surface area (Å²) >= 11 is 1.82. The highest BCUT2D eigenvalue weighted by atomic mass is 127. The Balaban J connectivity index is 2.43.